The van der Waals surface area contributed by atoms with Gasteiger partial charge in [-0.1, -0.05) is 81.1 Å². The Morgan fingerprint density at radius 2 is 1.47 bits per heavy atom. The maximum Gasteiger partial charge on any atom is 0.343 e. The molecule has 6 rings (SSSR count). The first-order valence-electron chi connectivity index (χ1n) is 17.5. The second-order valence-corrected chi connectivity index (χ2v) is 13.9. The van der Waals surface area contributed by atoms with Crippen molar-refractivity contribution >= 4 is 38.4 Å². The molecule has 3 nitrogen and oxygen atoms in total. The van der Waals surface area contributed by atoms with Gasteiger partial charge in [-0.15, -0.1) is 0 Å². The number of unbranched alkanes of at least 4 members (excludes halogenated alkanes) is 1. The van der Waals surface area contributed by atoms with Crippen LogP contribution < -0.4 is 0 Å². The summed E-state index contributed by atoms with van der Waals surface area (Å²) in [7, 11) is 0. The molecule has 51 heavy (non-hydrogen) atoms. The van der Waals surface area contributed by atoms with Crippen LogP contribution in [0.15, 0.2) is 84.9 Å². The van der Waals surface area contributed by atoms with Crippen molar-refractivity contribution in [1.82, 2.24) is 4.57 Å². The van der Waals surface area contributed by atoms with Gasteiger partial charge in [0.05, 0.1) is 5.52 Å². The van der Waals surface area contributed by atoms with Crippen LogP contribution in [0, 0.1) is 32.5 Å². The fraction of sp³-hybridized carbons (Fsp3) is 0.326. The van der Waals surface area contributed by atoms with Gasteiger partial charge in [0, 0.05) is 44.9 Å². The van der Waals surface area contributed by atoms with Crippen molar-refractivity contribution in [2.75, 3.05) is 0 Å². The number of alkyl halides is 4. The van der Waals surface area contributed by atoms with Gasteiger partial charge in [-0.3, -0.25) is 4.79 Å². The van der Waals surface area contributed by atoms with Crippen LogP contribution in [-0.4, -0.2) is 27.8 Å². The number of aryl methyl sites for hydroxylation is 3. The summed E-state index contributed by atoms with van der Waals surface area (Å²) in [5, 5.41) is 14.6. The molecule has 5 aromatic carbocycles. The molecule has 1 heterocycles. The number of aromatic nitrogens is 1. The first kappa shape index (κ1) is 36.2. The highest BCUT2D eigenvalue weighted by Gasteiger charge is 2.62. The van der Waals surface area contributed by atoms with Crippen LogP contribution >= 0.6 is 0 Å². The van der Waals surface area contributed by atoms with Gasteiger partial charge in [-0.2, -0.15) is 8.78 Å². The summed E-state index contributed by atoms with van der Waals surface area (Å²) in [5.41, 5.74) is -0.739. The minimum Gasteiger partial charge on any atom is -0.374 e. The van der Waals surface area contributed by atoms with Gasteiger partial charge in [-0.25, -0.2) is 13.2 Å². The fourth-order valence-electron chi connectivity index (χ4n) is 7.91. The lowest BCUT2D eigenvalue weighted by Crippen LogP contribution is -2.52. The van der Waals surface area contributed by atoms with Crippen molar-refractivity contribution < 1.29 is 31.9 Å². The largest absolute Gasteiger partial charge is 0.374 e. The van der Waals surface area contributed by atoms with E-state index in [9.17, 15) is 23.1 Å². The van der Waals surface area contributed by atoms with E-state index in [1.165, 1.54) is 50.2 Å². The van der Waals surface area contributed by atoms with Gasteiger partial charge in [0.2, 0.25) is 0 Å². The summed E-state index contributed by atoms with van der Waals surface area (Å²) < 4.78 is 76.8. The van der Waals surface area contributed by atoms with E-state index in [-0.39, 0.29) is 39.5 Å². The molecule has 2 atom stereocenters. The predicted octanol–water partition coefficient (Wildman–Crippen LogP) is 11.6. The van der Waals surface area contributed by atoms with Crippen molar-refractivity contribution in [2.45, 2.75) is 84.8 Å². The van der Waals surface area contributed by atoms with Gasteiger partial charge in [-0.05, 0) is 97.7 Å². The van der Waals surface area contributed by atoms with Gasteiger partial charge < -0.3 is 9.67 Å². The van der Waals surface area contributed by atoms with Crippen LogP contribution in [0.25, 0.3) is 32.6 Å². The highest BCUT2D eigenvalue weighted by molar-refractivity contribution is 6.25. The third-order valence-corrected chi connectivity index (χ3v) is 10.4. The van der Waals surface area contributed by atoms with E-state index >= 15 is 8.78 Å². The summed E-state index contributed by atoms with van der Waals surface area (Å²) in [6.07, 6.45) is -0.253. The molecule has 2 unspecified atom stereocenters. The van der Waals surface area contributed by atoms with Crippen LogP contribution in [0.3, 0.4) is 0 Å². The zero-order valence-electron chi connectivity index (χ0n) is 29.5. The molecule has 0 fully saturated rings. The number of aliphatic hydroxyl groups is 1. The lowest BCUT2D eigenvalue weighted by atomic mass is 9.76. The highest BCUT2D eigenvalue weighted by atomic mass is 19.3. The van der Waals surface area contributed by atoms with E-state index in [2.05, 4.69) is 18.4 Å². The Hall–Kier alpha value is -4.56. The third kappa shape index (κ3) is 6.11. The lowest BCUT2D eigenvalue weighted by molar-refractivity contribution is -0.231. The molecule has 0 aliphatic rings. The zero-order valence-corrected chi connectivity index (χ0v) is 29.5. The molecule has 0 radical (unpaired) electrons. The average molecular weight is 700 g/mol. The Balaban J connectivity index is 1.72. The van der Waals surface area contributed by atoms with Crippen LogP contribution in [0.2, 0.25) is 0 Å². The van der Waals surface area contributed by atoms with Crippen LogP contribution in [0.5, 0.6) is 0 Å². The van der Waals surface area contributed by atoms with Crippen molar-refractivity contribution in [3.8, 4) is 0 Å². The normalized spacial score (nSPS) is 14.1. The molecular formula is C43H42F5NO2. The Morgan fingerprint density at radius 1 is 0.824 bits per heavy atom. The highest BCUT2D eigenvalue weighted by Crippen LogP contribution is 2.50. The van der Waals surface area contributed by atoms with Crippen molar-refractivity contribution in [2.24, 2.45) is 5.92 Å². The standard InChI is InChI=1S/C43H42F5NO2/c1-6-8-11-28(7-2)24-49-37-19-16-30(42(51,43(47,48)41(45)46)38-26(4)20-25(3)21-27(38)5)22-34(37)35-23-36(32-12-9-10-13-33(32)39(35)49)40(50)29-14-17-31(44)18-15-29/h9-10,12-23,28,41,51H,6-8,11,24H2,1-5H3. The zero-order chi connectivity index (χ0) is 36.8. The first-order chi connectivity index (χ1) is 24.2. The van der Waals surface area contributed by atoms with Crippen LogP contribution in [0.1, 0.15) is 83.3 Å². The van der Waals surface area contributed by atoms with E-state index in [0.717, 1.165) is 42.1 Å². The Labute approximate surface area is 294 Å². The quantitative estimate of drug-likeness (QED) is 0.102. The summed E-state index contributed by atoms with van der Waals surface area (Å²) >= 11 is 0. The summed E-state index contributed by atoms with van der Waals surface area (Å²) in [6, 6.07) is 21.9. The third-order valence-electron chi connectivity index (χ3n) is 10.4. The average Bonchev–Trinajstić information content (AvgIpc) is 3.41. The first-order valence-corrected chi connectivity index (χ1v) is 17.5. The molecule has 0 aliphatic heterocycles. The number of hydrogen-bond acceptors (Lipinski definition) is 2. The molecule has 0 spiro atoms. The molecule has 0 saturated heterocycles. The number of carbonyl (C=O) groups excluding carboxylic acids is 1. The Morgan fingerprint density at radius 3 is 2.08 bits per heavy atom. The summed E-state index contributed by atoms with van der Waals surface area (Å²) in [6.45, 7) is 9.70. The maximum atomic E-state index is 16.0. The molecule has 266 valence electrons. The van der Waals surface area contributed by atoms with E-state index in [1.54, 1.807) is 31.2 Å². The molecule has 6 aromatic rings. The molecule has 1 aromatic heterocycles. The number of halogens is 5. The summed E-state index contributed by atoms with van der Waals surface area (Å²) in [5.74, 6) is -5.43. The van der Waals surface area contributed by atoms with E-state index < -0.39 is 23.8 Å². The second kappa shape index (κ2) is 13.9. The number of benzene rings is 5. The molecule has 1 N–H and O–H groups in total. The predicted molar refractivity (Wildman–Crippen MR) is 195 cm³/mol. The molecule has 0 saturated carbocycles. The van der Waals surface area contributed by atoms with Crippen molar-refractivity contribution in [1.29, 1.82) is 0 Å². The molecule has 0 aliphatic carbocycles. The van der Waals surface area contributed by atoms with E-state index in [1.807, 2.05) is 24.3 Å². The van der Waals surface area contributed by atoms with Crippen LogP contribution in [-0.2, 0) is 12.1 Å². The number of fused-ring (bicyclic) bond motifs is 5. The minimum atomic E-state index is -4.87. The monoisotopic (exact) mass is 699 g/mol. The Bertz CT molecular complexity index is 2230. The molecule has 8 heteroatoms. The number of ketones is 1. The fourth-order valence-corrected chi connectivity index (χ4v) is 7.91. The smallest absolute Gasteiger partial charge is 0.343 e. The van der Waals surface area contributed by atoms with Gasteiger partial charge in [0.1, 0.15) is 5.82 Å². The van der Waals surface area contributed by atoms with Gasteiger partial charge >= 0.3 is 12.3 Å². The molecular weight excluding hydrogens is 657 g/mol. The molecule has 0 bridgehead atoms. The number of hydrogen-bond donors (Lipinski definition) is 1. The maximum absolute atomic E-state index is 16.0. The summed E-state index contributed by atoms with van der Waals surface area (Å²) in [4.78, 5) is 14.1. The Kier molecular flexibility index (Phi) is 9.85. The number of nitrogens with zero attached hydrogens (tertiary/aromatic N) is 1. The van der Waals surface area contributed by atoms with Crippen molar-refractivity contribution in [3.05, 3.63) is 130 Å². The SMILES string of the molecule is CCCCC(CC)Cn1c2ccc(C(O)(c3c(C)cc(C)cc3C)C(F)(F)C(F)F)cc2c2cc(C(=O)c3ccc(F)cc3)c3ccccc3c21. The number of rotatable bonds is 12. The number of carbonyl (C=O) groups is 1. The lowest BCUT2D eigenvalue weighted by Gasteiger charge is -2.38. The van der Waals surface area contributed by atoms with Gasteiger partial charge in [0.15, 0.2) is 11.4 Å². The van der Waals surface area contributed by atoms with E-state index in [4.69, 9.17) is 0 Å². The second-order valence-electron chi connectivity index (χ2n) is 13.9. The van der Waals surface area contributed by atoms with E-state index in [0.29, 0.717) is 33.8 Å². The molecule has 0 amide bonds. The topological polar surface area (TPSA) is 42.2 Å². The minimum absolute atomic E-state index is 0.262. The van der Waals surface area contributed by atoms with Crippen LogP contribution in [0.4, 0.5) is 22.0 Å². The van der Waals surface area contributed by atoms with Gasteiger partial charge in [0.25, 0.3) is 0 Å². The van der Waals surface area contributed by atoms with Crippen molar-refractivity contribution in [3.63, 3.8) is 0 Å².